The Morgan fingerprint density at radius 3 is 2.64 bits per heavy atom. The Morgan fingerprint density at radius 2 is 2.07 bits per heavy atom. The molecule has 1 heterocycles. The Morgan fingerprint density at radius 1 is 1.36 bits per heavy atom. The van der Waals surface area contributed by atoms with Gasteiger partial charge in [0.2, 0.25) is 0 Å². The smallest absolute Gasteiger partial charge is 0.0594 e. The average molecular weight is 197 g/mol. The summed E-state index contributed by atoms with van der Waals surface area (Å²) in [5.74, 6) is 0. The van der Waals surface area contributed by atoms with Crippen LogP contribution in [0.4, 0.5) is 0 Å². The Bertz CT molecular complexity index is 162. The Labute approximate surface area is 87.9 Å². The van der Waals surface area contributed by atoms with E-state index in [2.05, 4.69) is 30.9 Å². The highest BCUT2D eigenvalue weighted by Gasteiger charge is 2.17. The lowest BCUT2D eigenvalue weighted by Crippen LogP contribution is -2.42. The third-order valence-electron chi connectivity index (χ3n) is 2.78. The minimum absolute atomic E-state index is 0.642. The molecule has 0 radical (unpaired) electrons. The van der Waals surface area contributed by atoms with Gasteiger partial charge in [0.15, 0.2) is 0 Å². The molecule has 0 saturated carbocycles. The number of rotatable bonds is 5. The first-order chi connectivity index (χ1) is 6.88. The summed E-state index contributed by atoms with van der Waals surface area (Å²) in [6, 6.07) is 0.642. The van der Waals surface area contributed by atoms with E-state index in [0.717, 1.165) is 26.3 Å². The van der Waals surface area contributed by atoms with Crippen LogP contribution in [0.25, 0.3) is 0 Å². The molecule has 0 aromatic rings. The summed E-state index contributed by atoms with van der Waals surface area (Å²) in [6.07, 6.45) is 8.42. The maximum Gasteiger partial charge on any atom is 0.0594 e. The SMILES string of the molecule is C/C=C/C(CCCC)N1CCOCC1. The second kappa shape index (κ2) is 7.02. The zero-order valence-corrected chi connectivity index (χ0v) is 9.54. The summed E-state index contributed by atoms with van der Waals surface area (Å²) >= 11 is 0. The number of ether oxygens (including phenoxy) is 1. The minimum Gasteiger partial charge on any atom is -0.379 e. The minimum atomic E-state index is 0.642. The van der Waals surface area contributed by atoms with E-state index in [0.29, 0.717) is 6.04 Å². The summed E-state index contributed by atoms with van der Waals surface area (Å²) < 4.78 is 5.37. The fourth-order valence-electron chi connectivity index (χ4n) is 1.95. The third kappa shape index (κ3) is 3.81. The van der Waals surface area contributed by atoms with Gasteiger partial charge >= 0.3 is 0 Å². The van der Waals surface area contributed by atoms with Gasteiger partial charge in [-0.2, -0.15) is 0 Å². The molecular formula is C12H23NO. The lowest BCUT2D eigenvalue weighted by Gasteiger charge is -2.32. The first-order valence-corrected chi connectivity index (χ1v) is 5.83. The summed E-state index contributed by atoms with van der Waals surface area (Å²) in [5, 5.41) is 0. The van der Waals surface area contributed by atoms with Crippen LogP contribution in [0.1, 0.15) is 33.1 Å². The first kappa shape index (κ1) is 11.7. The fraction of sp³-hybridized carbons (Fsp3) is 0.833. The molecule has 1 aliphatic rings. The molecule has 0 N–H and O–H groups in total. The fourth-order valence-corrected chi connectivity index (χ4v) is 1.95. The van der Waals surface area contributed by atoms with E-state index in [4.69, 9.17) is 4.74 Å². The molecule has 82 valence electrons. The van der Waals surface area contributed by atoms with Gasteiger partial charge in [0.25, 0.3) is 0 Å². The van der Waals surface area contributed by atoms with Crippen LogP contribution in [-0.4, -0.2) is 37.2 Å². The van der Waals surface area contributed by atoms with E-state index in [1.807, 2.05) is 0 Å². The molecule has 0 bridgehead atoms. The Balaban J connectivity index is 2.38. The summed E-state index contributed by atoms with van der Waals surface area (Å²) in [5.41, 5.74) is 0. The van der Waals surface area contributed by atoms with E-state index in [1.165, 1.54) is 19.3 Å². The van der Waals surface area contributed by atoms with Crippen LogP contribution in [-0.2, 0) is 4.74 Å². The maximum absolute atomic E-state index is 5.37. The highest BCUT2D eigenvalue weighted by atomic mass is 16.5. The molecule has 1 atom stereocenters. The van der Waals surface area contributed by atoms with Crippen molar-refractivity contribution in [2.24, 2.45) is 0 Å². The van der Waals surface area contributed by atoms with Gasteiger partial charge in [-0.1, -0.05) is 31.9 Å². The Kier molecular flexibility index (Phi) is 5.88. The molecule has 1 fully saturated rings. The predicted molar refractivity (Wildman–Crippen MR) is 60.5 cm³/mol. The van der Waals surface area contributed by atoms with Crippen LogP contribution in [0, 0.1) is 0 Å². The maximum atomic E-state index is 5.37. The van der Waals surface area contributed by atoms with Crippen molar-refractivity contribution in [2.45, 2.75) is 39.2 Å². The zero-order valence-electron chi connectivity index (χ0n) is 9.54. The molecule has 0 aromatic heterocycles. The Hall–Kier alpha value is -0.340. The van der Waals surface area contributed by atoms with Crippen molar-refractivity contribution >= 4 is 0 Å². The molecule has 1 aliphatic heterocycles. The van der Waals surface area contributed by atoms with E-state index in [1.54, 1.807) is 0 Å². The number of morpholine rings is 1. The van der Waals surface area contributed by atoms with E-state index >= 15 is 0 Å². The van der Waals surface area contributed by atoms with Crippen molar-refractivity contribution in [1.29, 1.82) is 0 Å². The highest BCUT2D eigenvalue weighted by Crippen LogP contribution is 2.12. The molecule has 0 amide bonds. The molecule has 14 heavy (non-hydrogen) atoms. The van der Waals surface area contributed by atoms with Crippen LogP contribution in [0.15, 0.2) is 12.2 Å². The monoisotopic (exact) mass is 197 g/mol. The number of allylic oxidation sites excluding steroid dienone is 1. The summed E-state index contributed by atoms with van der Waals surface area (Å²) in [7, 11) is 0. The molecule has 1 unspecified atom stereocenters. The van der Waals surface area contributed by atoms with Gasteiger partial charge in [0, 0.05) is 19.1 Å². The molecule has 2 heteroatoms. The molecule has 1 saturated heterocycles. The third-order valence-corrected chi connectivity index (χ3v) is 2.78. The van der Waals surface area contributed by atoms with Crippen LogP contribution < -0.4 is 0 Å². The van der Waals surface area contributed by atoms with Gasteiger partial charge in [-0.15, -0.1) is 0 Å². The number of hydrogen-bond acceptors (Lipinski definition) is 2. The number of hydrogen-bond donors (Lipinski definition) is 0. The molecule has 0 aromatic carbocycles. The first-order valence-electron chi connectivity index (χ1n) is 5.83. The van der Waals surface area contributed by atoms with Crippen molar-refractivity contribution in [3.05, 3.63) is 12.2 Å². The van der Waals surface area contributed by atoms with Gasteiger partial charge in [-0.3, -0.25) is 4.90 Å². The number of unbranched alkanes of at least 4 members (excludes halogenated alkanes) is 1. The molecular weight excluding hydrogens is 174 g/mol. The predicted octanol–water partition coefficient (Wildman–Crippen LogP) is 2.45. The van der Waals surface area contributed by atoms with E-state index in [-0.39, 0.29) is 0 Å². The van der Waals surface area contributed by atoms with Crippen molar-refractivity contribution < 1.29 is 4.74 Å². The summed E-state index contributed by atoms with van der Waals surface area (Å²) in [6.45, 7) is 8.36. The van der Waals surface area contributed by atoms with Gasteiger partial charge in [-0.25, -0.2) is 0 Å². The zero-order chi connectivity index (χ0) is 10.2. The average Bonchev–Trinajstić information content (AvgIpc) is 2.25. The van der Waals surface area contributed by atoms with Gasteiger partial charge < -0.3 is 4.74 Å². The van der Waals surface area contributed by atoms with Crippen LogP contribution >= 0.6 is 0 Å². The van der Waals surface area contributed by atoms with Gasteiger partial charge in [0.05, 0.1) is 13.2 Å². The second-order valence-corrected chi connectivity index (χ2v) is 3.88. The highest BCUT2D eigenvalue weighted by molar-refractivity contribution is 4.93. The second-order valence-electron chi connectivity index (χ2n) is 3.88. The molecule has 0 aliphatic carbocycles. The largest absolute Gasteiger partial charge is 0.379 e. The van der Waals surface area contributed by atoms with E-state index in [9.17, 15) is 0 Å². The van der Waals surface area contributed by atoms with Crippen molar-refractivity contribution in [3.63, 3.8) is 0 Å². The van der Waals surface area contributed by atoms with Gasteiger partial charge in [0.1, 0.15) is 0 Å². The molecule has 2 nitrogen and oxygen atoms in total. The van der Waals surface area contributed by atoms with Crippen molar-refractivity contribution in [3.8, 4) is 0 Å². The van der Waals surface area contributed by atoms with Crippen LogP contribution in [0.5, 0.6) is 0 Å². The van der Waals surface area contributed by atoms with Crippen LogP contribution in [0.2, 0.25) is 0 Å². The normalized spacial score (nSPS) is 21.6. The number of nitrogens with zero attached hydrogens (tertiary/aromatic N) is 1. The lowest BCUT2D eigenvalue weighted by atomic mass is 10.1. The molecule has 1 rings (SSSR count). The topological polar surface area (TPSA) is 12.5 Å². The summed E-state index contributed by atoms with van der Waals surface area (Å²) in [4.78, 5) is 2.54. The van der Waals surface area contributed by atoms with E-state index < -0.39 is 0 Å². The quantitative estimate of drug-likeness (QED) is 0.628. The van der Waals surface area contributed by atoms with Gasteiger partial charge in [-0.05, 0) is 13.3 Å². The van der Waals surface area contributed by atoms with Crippen molar-refractivity contribution in [1.82, 2.24) is 4.90 Å². The lowest BCUT2D eigenvalue weighted by molar-refractivity contribution is 0.0238. The molecule has 0 spiro atoms. The van der Waals surface area contributed by atoms with Crippen LogP contribution in [0.3, 0.4) is 0 Å². The standard InChI is InChI=1S/C12H23NO/c1-3-5-7-12(6-4-2)13-8-10-14-11-9-13/h4,6,12H,3,5,7-11H2,1-2H3/b6-4+. The van der Waals surface area contributed by atoms with Crippen molar-refractivity contribution in [2.75, 3.05) is 26.3 Å².